The average Bonchev–Trinajstić information content (AvgIpc) is 3.47. The van der Waals surface area contributed by atoms with Crippen LogP contribution in [0.1, 0.15) is 41.7 Å². The molecule has 0 N–H and O–H groups in total. The first-order valence-electron chi connectivity index (χ1n) is 17.5. The van der Waals surface area contributed by atoms with Gasteiger partial charge in [-0.05, 0) is 117 Å². The van der Waals surface area contributed by atoms with Crippen molar-refractivity contribution in [3.8, 4) is 33.4 Å². The van der Waals surface area contributed by atoms with E-state index < -0.39 is 5.41 Å². The molecule has 1 heterocycles. The number of nitrogens with zero attached hydrogens (tertiary/aromatic N) is 1. The summed E-state index contributed by atoms with van der Waals surface area (Å²) in [5, 5.41) is 0. The van der Waals surface area contributed by atoms with Gasteiger partial charge in [-0.25, -0.2) is 0 Å². The molecule has 1 heteroatoms. The maximum Gasteiger partial charge on any atom is 0.0754 e. The number of benzene rings is 7. The predicted octanol–water partition coefficient (Wildman–Crippen LogP) is 13.1. The third-order valence-corrected chi connectivity index (χ3v) is 10.6. The molecular formula is C49H37N. The van der Waals surface area contributed by atoms with Crippen molar-refractivity contribution >= 4 is 22.6 Å². The summed E-state index contributed by atoms with van der Waals surface area (Å²) in [6, 6.07) is 62.8. The van der Waals surface area contributed by atoms with Crippen LogP contribution >= 0.6 is 0 Å². The second-order valence-corrected chi connectivity index (χ2v) is 13.3. The van der Waals surface area contributed by atoms with Crippen LogP contribution in [0.2, 0.25) is 0 Å². The highest BCUT2D eigenvalue weighted by Gasteiger charge is 2.51. The highest BCUT2D eigenvalue weighted by atomic mass is 15.2. The van der Waals surface area contributed by atoms with Gasteiger partial charge in [0.15, 0.2) is 0 Å². The quantitative estimate of drug-likeness (QED) is 0.169. The van der Waals surface area contributed by atoms with Crippen LogP contribution in [0.25, 0.3) is 39.0 Å². The Morgan fingerprint density at radius 3 is 1.60 bits per heavy atom. The summed E-state index contributed by atoms with van der Waals surface area (Å²) >= 11 is 0. The molecule has 7 aromatic carbocycles. The molecule has 0 saturated heterocycles. The van der Waals surface area contributed by atoms with E-state index in [9.17, 15) is 0 Å². The van der Waals surface area contributed by atoms with Crippen molar-refractivity contribution < 1.29 is 0 Å². The zero-order valence-electron chi connectivity index (χ0n) is 28.3. The summed E-state index contributed by atoms with van der Waals surface area (Å²) < 4.78 is 0. The van der Waals surface area contributed by atoms with Crippen molar-refractivity contribution in [3.05, 3.63) is 216 Å². The standard InChI is InChI=1S/C49H37N/c1-3-4-15-34(2)38-26-30-41-42-31-27-39(36-18-9-6-10-19-36)33-46(42)49(45(41)32-38)43-20-11-13-22-47(43)50(48-23-14-12-21-44(48)49)40-28-24-37(25-29-40)35-16-7-5-8-17-35/h3-33H,1-2H3/b4-3-,34-15+. The van der Waals surface area contributed by atoms with Crippen LogP contribution < -0.4 is 4.90 Å². The van der Waals surface area contributed by atoms with Crippen LogP contribution in [0.5, 0.6) is 0 Å². The van der Waals surface area contributed by atoms with Gasteiger partial charge in [-0.15, -0.1) is 0 Å². The SMILES string of the molecule is C/C=C\C=C(/C)c1ccc2c(c1)C1(c3cc(-c4ccccc4)ccc3-2)c2ccccc2N(c2ccc(-c3ccccc3)cc2)c2ccccc21. The first-order valence-corrected chi connectivity index (χ1v) is 17.5. The smallest absolute Gasteiger partial charge is 0.0754 e. The van der Waals surface area contributed by atoms with Crippen LogP contribution in [-0.4, -0.2) is 0 Å². The van der Waals surface area contributed by atoms with E-state index in [-0.39, 0.29) is 0 Å². The molecule has 0 radical (unpaired) electrons. The van der Waals surface area contributed by atoms with Crippen molar-refractivity contribution in [3.63, 3.8) is 0 Å². The van der Waals surface area contributed by atoms with Crippen molar-refractivity contribution in [2.24, 2.45) is 0 Å². The van der Waals surface area contributed by atoms with E-state index in [2.05, 4.69) is 207 Å². The van der Waals surface area contributed by atoms with E-state index in [4.69, 9.17) is 0 Å². The number of hydrogen-bond acceptors (Lipinski definition) is 1. The number of hydrogen-bond donors (Lipinski definition) is 0. The molecular weight excluding hydrogens is 603 g/mol. The van der Waals surface area contributed by atoms with Crippen molar-refractivity contribution in [2.75, 3.05) is 4.90 Å². The number of anilines is 3. The minimum Gasteiger partial charge on any atom is -0.310 e. The predicted molar refractivity (Wildman–Crippen MR) is 211 cm³/mol. The normalized spacial score (nSPS) is 14.0. The average molecular weight is 640 g/mol. The maximum absolute atomic E-state index is 2.46. The van der Waals surface area contributed by atoms with Crippen molar-refractivity contribution in [2.45, 2.75) is 19.3 Å². The van der Waals surface area contributed by atoms with Gasteiger partial charge >= 0.3 is 0 Å². The first-order chi connectivity index (χ1) is 24.7. The monoisotopic (exact) mass is 639 g/mol. The number of rotatable bonds is 5. The lowest BCUT2D eigenvalue weighted by atomic mass is 9.64. The van der Waals surface area contributed by atoms with Gasteiger partial charge in [0.1, 0.15) is 0 Å². The lowest BCUT2D eigenvalue weighted by Gasteiger charge is -2.45. The molecule has 0 unspecified atom stereocenters. The van der Waals surface area contributed by atoms with Crippen LogP contribution in [0.15, 0.2) is 188 Å². The van der Waals surface area contributed by atoms with Crippen LogP contribution in [0.3, 0.4) is 0 Å². The molecule has 7 aromatic rings. The molecule has 0 saturated carbocycles. The van der Waals surface area contributed by atoms with Crippen LogP contribution in [0, 0.1) is 0 Å². The van der Waals surface area contributed by atoms with Crippen molar-refractivity contribution in [1.82, 2.24) is 0 Å². The molecule has 9 rings (SSSR count). The molecule has 2 aliphatic rings. The Bertz CT molecular complexity index is 2380. The van der Waals surface area contributed by atoms with Gasteiger partial charge in [0.25, 0.3) is 0 Å². The summed E-state index contributed by atoms with van der Waals surface area (Å²) in [4.78, 5) is 2.46. The zero-order valence-corrected chi connectivity index (χ0v) is 28.3. The van der Waals surface area contributed by atoms with Crippen molar-refractivity contribution in [1.29, 1.82) is 0 Å². The maximum atomic E-state index is 2.46. The molecule has 238 valence electrons. The van der Waals surface area contributed by atoms with Gasteiger partial charge in [-0.2, -0.15) is 0 Å². The lowest BCUT2D eigenvalue weighted by Crippen LogP contribution is -2.36. The minimum atomic E-state index is -0.514. The lowest BCUT2D eigenvalue weighted by molar-refractivity contribution is 0.752. The molecule has 0 aromatic heterocycles. The van der Waals surface area contributed by atoms with E-state index in [1.54, 1.807) is 0 Å². The number of para-hydroxylation sites is 2. The molecule has 0 atom stereocenters. The Balaban J connectivity index is 1.33. The molecule has 1 aliphatic heterocycles. The summed E-state index contributed by atoms with van der Waals surface area (Å²) in [6.07, 6.45) is 6.44. The highest BCUT2D eigenvalue weighted by molar-refractivity contribution is 5.97. The molecule has 50 heavy (non-hydrogen) atoms. The number of fused-ring (bicyclic) bond motifs is 9. The molecule has 0 amide bonds. The fourth-order valence-electron chi connectivity index (χ4n) is 8.25. The summed E-state index contributed by atoms with van der Waals surface area (Å²) in [5.74, 6) is 0. The molecule has 1 spiro atoms. The van der Waals surface area contributed by atoms with Crippen LogP contribution in [0.4, 0.5) is 17.1 Å². The second kappa shape index (κ2) is 12.1. The van der Waals surface area contributed by atoms with Gasteiger partial charge in [-0.3, -0.25) is 0 Å². The third kappa shape index (κ3) is 4.55. The Labute approximate surface area is 295 Å². The largest absolute Gasteiger partial charge is 0.310 e. The summed E-state index contributed by atoms with van der Waals surface area (Å²) in [6.45, 7) is 4.28. The Morgan fingerprint density at radius 2 is 0.980 bits per heavy atom. The summed E-state index contributed by atoms with van der Waals surface area (Å²) in [5.41, 5.74) is 18.3. The fraction of sp³-hybridized carbons (Fsp3) is 0.0612. The Morgan fingerprint density at radius 1 is 0.480 bits per heavy atom. The highest BCUT2D eigenvalue weighted by Crippen LogP contribution is 2.64. The minimum absolute atomic E-state index is 0.514. The van der Waals surface area contributed by atoms with E-state index in [0.29, 0.717) is 0 Å². The molecule has 1 aliphatic carbocycles. The molecule has 0 bridgehead atoms. The number of allylic oxidation sites excluding steroid dienone is 4. The van der Waals surface area contributed by atoms with E-state index in [0.717, 1.165) is 5.69 Å². The molecule has 0 fully saturated rings. The third-order valence-electron chi connectivity index (χ3n) is 10.6. The van der Waals surface area contributed by atoms with Crippen LogP contribution in [-0.2, 0) is 5.41 Å². The van der Waals surface area contributed by atoms with E-state index in [1.165, 1.54) is 78.1 Å². The Hall–Kier alpha value is -6.18. The van der Waals surface area contributed by atoms with E-state index in [1.807, 2.05) is 0 Å². The topological polar surface area (TPSA) is 3.24 Å². The Kier molecular flexibility index (Phi) is 7.21. The van der Waals surface area contributed by atoms with Gasteiger partial charge in [0.2, 0.25) is 0 Å². The molecule has 1 nitrogen and oxygen atoms in total. The zero-order chi connectivity index (χ0) is 33.7. The van der Waals surface area contributed by atoms with E-state index >= 15 is 0 Å². The fourth-order valence-corrected chi connectivity index (χ4v) is 8.25. The summed E-state index contributed by atoms with van der Waals surface area (Å²) in [7, 11) is 0. The van der Waals surface area contributed by atoms with Gasteiger partial charge in [0.05, 0.1) is 16.8 Å². The second-order valence-electron chi connectivity index (χ2n) is 13.3. The van der Waals surface area contributed by atoms with Gasteiger partial charge in [0, 0.05) is 5.69 Å². The first kappa shape index (κ1) is 29.9. The van der Waals surface area contributed by atoms with Gasteiger partial charge < -0.3 is 4.90 Å². The van der Waals surface area contributed by atoms with Gasteiger partial charge in [-0.1, -0.05) is 152 Å².